The van der Waals surface area contributed by atoms with Crippen LogP contribution in [0.2, 0.25) is 0 Å². The number of anilines is 2. The molecule has 2 aromatic rings. The Morgan fingerprint density at radius 2 is 1.72 bits per heavy atom. The van der Waals surface area contributed by atoms with Crippen LogP contribution in [-0.4, -0.2) is 31.2 Å². The Labute approximate surface area is 149 Å². The highest BCUT2D eigenvalue weighted by molar-refractivity contribution is 5.90. The third-order valence-corrected chi connectivity index (χ3v) is 3.83. The molecule has 0 spiro atoms. The zero-order valence-corrected chi connectivity index (χ0v) is 15.5. The summed E-state index contributed by atoms with van der Waals surface area (Å²) in [5, 5.41) is 8.91. The minimum absolute atomic E-state index is 0.287. The van der Waals surface area contributed by atoms with E-state index < -0.39 is 0 Å². The summed E-state index contributed by atoms with van der Waals surface area (Å²) >= 11 is 0. The van der Waals surface area contributed by atoms with E-state index in [0.29, 0.717) is 24.7 Å². The van der Waals surface area contributed by atoms with E-state index in [1.807, 2.05) is 19.9 Å². The summed E-state index contributed by atoms with van der Waals surface area (Å²) in [6.07, 6.45) is 0. The molecule has 3 N–H and O–H groups in total. The van der Waals surface area contributed by atoms with Gasteiger partial charge in [0.2, 0.25) is 5.88 Å². The molecule has 25 heavy (non-hydrogen) atoms. The maximum absolute atomic E-state index is 12.1. The molecule has 2 rings (SSSR count). The van der Waals surface area contributed by atoms with E-state index in [4.69, 9.17) is 4.74 Å². The van der Waals surface area contributed by atoms with Crippen LogP contribution < -0.4 is 20.7 Å². The van der Waals surface area contributed by atoms with E-state index in [0.717, 1.165) is 16.9 Å². The van der Waals surface area contributed by atoms with E-state index in [1.54, 1.807) is 0 Å². The maximum Gasteiger partial charge on any atom is 0.319 e. The molecule has 1 aromatic carbocycles. The molecule has 0 saturated heterocycles. The first-order valence-electron chi connectivity index (χ1n) is 8.28. The Kier molecular flexibility index (Phi) is 6.22. The van der Waals surface area contributed by atoms with Gasteiger partial charge in [0, 0.05) is 24.5 Å². The number of methoxy groups -OCH3 is 1. The number of rotatable bonds is 6. The summed E-state index contributed by atoms with van der Waals surface area (Å²) in [4.78, 5) is 16.4. The fourth-order valence-corrected chi connectivity index (χ4v) is 2.55. The topological polar surface area (TPSA) is 75.3 Å². The number of pyridine rings is 1. The number of carbonyl (C=O) groups is 1. The Morgan fingerprint density at radius 1 is 1.04 bits per heavy atom. The third kappa shape index (κ3) is 5.38. The minimum Gasteiger partial charge on any atom is -0.480 e. The van der Waals surface area contributed by atoms with E-state index >= 15 is 0 Å². The molecular formula is C19H26N4O2. The van der Waals surface area contributed by atoms with Gasteiger partial charge in [0.25, 0.3) is 0 Å². The van der Waals surface area contributed by atoms with Crippen molar-refractivity contribution in [2.45, 2.75) is 27.7 Å². The lowest BCUT2D eigenvalue weighted by atomic mass is 10.1. The Bertz CT molecular complexity index is 739. The van der Waals surface area contributed by atoms with Gasteiger partial charge in [0.05, 0.1) is 7.11 Å². The van der Waals surface area contributed by atoms with Crippen molar-refractivity contribution in [3.63, 3.8) is 0 Å². The number of amides is 2. The number of urea groups is 1. The molecule has 0 aliphatic rings. The van der Waals surface area contributed by atoms with Crippen LogP contribution >= 0.6 is 0 Å². The van der Waals surface area contributed by atoms with E-state index in [9.17, 15) is 4.79 Å². The molecule has 2 amide bonds. The molecule has 0 saturated carbocycles. The van der Waals surface area contributed by atoms with Gasteiger partial charge < -0.3 is 20.7 Å². The number of ether oxygens (including phenoxy) is 1. The predicted molar refractivity (Wildman–Crippen MR) is 102 cm³/mol. The Morgan fingerprint density at radius 3 is 2.36 bits per heavy atom. The predicted octanol–water partition coefficient (Wildman–Crippen LogP) is 3.56. The van der Waals surface area contributed by atoms with E-state index in [-0.39, 0.29) is 6.03 Å². The minimum atomic E-state index is -0.287. The van der Waals surface area contributed by atoms with Gasteiger partial charge in [0.1, 0.15) is 5.69 Å². The fourth-order valence-electron chi connectivity index (χ4n) is 2.55. The van der Waals surface area contributed by atoms with Gasteiger partial charge in [-0.3, -0.25) is 0 Å². The average Bonchev–Trinajstić information content (AvgIpc) is 2.54. The zero-order chi connectivity index (χ0) is 18.4. The molecule has 0 aliphatic heterocycles. The highest BCUT2D eigenvalue weighted by Crippen LogP contribution is 2.24. The summed E-state index contributed by atoms with van der Waals surface area (Å²) in [6.45, 7) is 9.11. The van der Waals surface area contributed by atoms with Crippen molar-refractivity contribution in [1.82, 2.24) is 10.3 Å². The normalized spacial score (nSPS) is 10.3. The summed E-state index contributed by atoms with van der Waals surface area (Å²) in [7, 11) is 1.54. The van der Waals surface area contributed by atoms with Crippen LogP contribution in [0.5, 0.6) is 5.88 Å². The molecule has 6 nitrogen and oxygen atoms in total. The molecule has 134 valence electrons. The van der Waals surface area contributed by atoms with Gasteiger partial charge in [-0.1, -0.05) is 6.07 Å². The molecule has 1 heterocycles. The number of benzene rings is 1. The van der Waals surface area contributed by atoms with Crippen molar-refractivity contribution in [3.05, 3.63) is 46.6 Å². The second-order valence-corrected chi connectivity index (χ2v) is 6.13. The molecule has 0 fully saturated rings. The van der Waals surface area contributed by atoms with Gasteiger partial charge in [-0.15, -0.1) is 0 Å². The number of hydrogen-bond acceptors (Lipinski definition) is 4. The highest BCUT2D eigenvalue weighted by atomic mass is 16.5. The van der Waals surface area contributed by atoms with Crippen molar-refractivity contribution >= 4 is 17.4 Å². The Balaban J connectivity index is 1.84. The van der Waals surface area contributed by atoms with Crippen molar-refractivity contribution in [2.75, 3.05) is 30.8 Å². The molecule has 1 aromatic heterocycles. The summed E-state index contributed by atoms with van der Waals surface area (Å²) in [5.41, 5.74) is 5.91. The molecule has 0 unspecified atom stereocenters. The van der Waals surface area contributed by atoms with Gasteiger partial charge in [0.15, 0.2) is 0 Å². The van der Waals surface area contributed by atoms with E-state index in [2.05, 4.69) is 53.0 Å². The molecular weight excluding hydrogens is 316 g/mol. The number of aromatic nitrogens is 1. The van der Waals surface area contributed by atoms with Gasteiger partial charge in [-0.2, -0.15) is 0 Å². The molecule has 0 atom stereocenters. The lowest BCUT2D eigenvalue weighted by Gasteiger charge is -2.13. The average molecular weight is 342 g/mol. The van der Waals surface area contributed by atoms with Crippen LogP contribution in [0.4, 0.5) is 16.2 Å². The number of nitrogens with zero attached hydrogens (tertiary/aromatic N) is 1. The van der Waals surface area contributed by atoms with Crippen molar-refractivity contribution in [3.8, 4) is 5.88 Å². The first kappa shape index (κ1) is 18.6. The van der Waals surface area contributed by atoms with Crippen molar-refractivity contribution in [1.29, 1.82) is 0 Å². The van der Waals surface area contributed by atoms with Crippen LogP contribution in [0.1, 0.15) is 22.4 Å². The van der Waals surface area contributed by atoms with Crippen LogP contribution in [-0.2, 0) is 0 Å². The van der Waals surface area contributed by atoms with Crippen molar-refractivity contribution in [2.24, 2.45) is 0 Å². The smallest absolute Gasteiger partial charge is 0.319 e. The van der Waals surface area contributed by atoms with E-state index in [1.165, 1.54) is 18.2 Å². The van der Waals surface area contributed by atoms with Crippen LogP contribution in [0.3, 0.4) is 0 Å². The maximum atomic E-state index is 12.1. The molecule has 6 heteroatoms. The quantitative estimate of drug-likeness (QED) is 0.702. The number of carbonyl (C=O) groups excluding carboxylic acids is 1. The fraction of sp³-hybridized carbons (Fsp3) is 0.368. The lowest BCUT2D eigenvalue weighted by Crippen LogP contribution is -2.32. The largest absolute Gasteiger partial charge is 0.480 e. The number of hydrogen-bond donors (Lipinski definition) is 3. The lowest BCUT2D eigenvalue weighted by molar-refractivity contribution is 0.252. The standard InChI is InChI=1S/C19H26N4O2/c1-12-8-13(2)10-16(9-12)20-6-7-21-19(24)23-17-11-14(3)15(4)22-18(17)25-5/h8-11,20H,6-7H2,1-5H3,(H2,21,23,24). The van der Waals surface area contributed by atoms with Crippen LogP contribution in [0, 0.1) is 27.7 Å². The van der Waals surface area contributed by atoms with Gasteiger partial charge in [-0.05, 0) is 62.6 Å². The summed E-state index contributed by atoms with van der Waals surface area (Å²) in [6, 6.07) is 7.86. The van der Waals surface area contributed by atoms with Gasteiger partial charge >= 0.3 is 6.03 Å². The van der Waals surface area contributed by atoms with Gasteiger partial charge in [-0.25, -0.2) is 9.78 Å². The highest BCUT2D eigenvalue weighted by Gasteiger charge is 2.10. The third-order valence-electron chi connectivity index (χ3n) is 3.83. The zero-order valence-electron chi connectivity index (χ0n) is 15.5. The summed E-state index contributed by atoms with van der Waals surface area (Å²) < 4.78 is 5.22. The Hall–Kier alpha value is -2.76. The summed E-state index contributed by atoms with van der Waals surface area (Å²) in [5.74, 6) is 0.409. The van der Waals surface area contributed by atoms with Crippen molar-refractivity contribution < 1.29 is 9.53 Å². The molecule has 0 radical (unpaired) electrons. The number of nitrogens with one attached hydrogen (secondary N) is 3. The SMILES string of the molecule is COc1nc(C)c(C)cc1NC(=O)NCCNc1cc(C)cc(C)c1. The second kappa shape index (κ2) is 8.37. The first-order valence-corrected chi connectivity index (χ1v) is 8.28. The monoisotopic (exact) mass is 342 g/mol. The molecule has 0 aliphatic carbocycles. The van der Waals surface area contributed by atoms with Crippen LogP contribution in [0.15, 0.2) is 24.3 Å². The van der Waals surface area contributed by atoms with Crippen LogP contribution in [0.25, 0.3) is 0 Å². The molecule has 0 bridgehead atoms. The number of aryl methyl sites for hydroxylation is 4. The second-order valence-electron chi connectivity index (χ2n) is 6.13. The first-order chi connectivity index (χ1) is 11.9.